The highest BCUT2D eigenvalue weighted by atomic mass is 16.1. The fourth-order valence-electron chi connectivity index (χ4n) is 1.28. The molecule has 0 aromatic heterocycles. The molecule has 14 heavy (non-hydrogen) atoms. The van der Waals surface area contributed by atoms with E-state index in [2.05, 4.69) is 12.2 Å². The Balaban J connectivity index is 3.10. The van der Waals surface area contributed by atoms with Gasteiger partial charge < -0.3 is 5.32 Å². The molecule has 0 aromatic carbocycles. The molecule has 0 saturated carbocycles. The van der Waals surface area contributed by atoms with Crippen LogP contribution in [0.1, 0.15) is 52.4 Å². The molecular formula is C11H22BNO. The fourth-order valence-corrected chi connectivity index (χ4v) is 1.28. The summed E-state index contributed by atoms with van der Waals surface area (Å²) >= 11 is 0. The molecule has 0 aliphatic rings. The van der Waals surface area contributed by atoms with Crippen molar-refractivity contribution in [3.63, 3.8) is 0 Å². The number of carbonyl (C=O) groups excluding carboxylic acids is 1. The number of nitrogens with one attached hydrogen (secondary N) is 1. The number of unbranched alkanes of at least 4 members (excludes halogenated alkanes) is 5. The first-order chi connectivity index (χ1) is 6.68. The molecule has 0 bridgehead atoms. The van der Waals surface area contributed by atoms with Gasteiger partial charge in [0.25, 0.3) is 0 Å². The highest BCUT2D eigenvalue weighted by molar-refractivity contribution is 6.23. The summed E-state index contributed by atoms with van der Waals surface area (Å²) in [5.74, 6) is -0.423. The average Bonchev–Trinajstić information content (AvgIpc) is 2.16. The van der Waals surface area contributed by atoms with Crippen LogP contribution in [-0.2, 0) is 4.79 Å². The molecule has 0 spiro atoms. The predicted octanol–water partition coefficient (Wildman–Crippen LogP) is 2.44. The third kappa shape index (κ3) is 8.15. The highest BCUT2D eigenvalue weighted by Gasteiger charge is 2.03. The van der Waals surface area contributed by atoms with Crippen LogP contribution in [0.25, 0.3) is 0 Å². The normalized spacial score (nSPS) is 12.4. The summed E-state index contributed by atoms with van der Waals surface area (Å²) in [7, 11) is 5.40. The van der Waals surface area contributed by atoms with Crippen molar-refractivity contribution in [1.82, 2.24) is 5.32 Å². The SMILES string of the molecule is [B]C(C)C(=O)NCCCCCCCC. The third-order valence-corrected chi connectivity index (χ3v) is 2.24. The summed E-state index contributed by atoms with van der Waals surface area (Å²) < 4.78 is 0. The molecule has 0 aromatic rings. The van der Waals surface area contributed by atoms with Crippen LogP contribution < -0.4 is 5.32 Å². The number of hydrogen-bond acceptors (Lipinski definition) is 1. The monoisotopic (exact) mass is 195 g/mol. The Morgan fingerprint density at radius 2 is 1.79 bits per heavy atom. The van der Waals surface area contributed by atoms with Gasteiger partial charge in [-0.3, -0.25) is 4.79 Å². The Morgan fingerprint density at radius 1 is 1.21 bits per heavy atom. The van der Waals surface area contributed by atoms with Gasteiger partial charge >= 0.3 is 0 Å². The van der Waals surface area contributed by atoms with Gasteiger partial charge in [0.1, 0.15) is 0 Å². The van der Waals surface area contributed by atoms with Crippen molar-refractivity contribution in [3.05, 3.63) is 0 Å². The minimum Gasteiger partial charge on any atom is -0.357 e. The van der Waals surface area contributed by atoms with E-state index >= 15 is 0 Å². The Hall–Kier alpha value is -0.465. The van der Waals surface area contributed by atoms with Crippen LogP contribution in [0.4, 0.5) is 0 Å². The topological polar surface area (TPSA) is 29.1 Å². The van der Waals surface area contributed by atoms with E-state index in [1.165, 1.54) is 32.1 Å². The van der Waals surface area contributed by atoms with Crippen LogP contribution in [0.3, 0.4) is 0 Å². The van der Waals surface area contributed by atoms with Gasteiger partial charge in [-0.25, -0.2) is 0 Å². The van der Waals surface area contributed by atoms with Crippen molar-refractivity contribution in [3.8, 4) is 0 Å². The first-order valence-corrected chi connectivity index (χ1v) is 5.71. The van der Waals surface area contributed by atoms with Crippen molar-refractivity contribution in [2.75, 3.05) is 6.54 Å². The first-order valence-electron chi connectivity index (χ1n) is 5.71. The number of hydrogen-bond donors (Lipinski definition) is 1. The van der Waals surface area contributed by atoms with Crippen molar-refractivity contribution >= 4 is 13.8 Å². The zero-order valence-electron chi connectivity index (χ0n) is 9.51. The maximum absolute atomic E-state index is 11.0. The zero-order valence-corrected chi connectivity index (χ0v) is 9.51. The second-order valence-corrected chi connectivity index (χ2v) is 3.85. The van der Waals surface area contributed by atoms with Crippen molar-refractivity contribution in [2.45, 2.75) is 58.2 Å². The lowest BCUT2D eigenvalue weighted by Gasteiger charge is -2.07. The van der Waals surface area contributed by atoms with E-state index in [9.17, 15) is 4.79 Å². The minimum atomic E-state index is -0.380. The quantitative estimate of drug-likeness (QED) is 0.467. The second-order valence-electron chi connectivity index (χ2n) is 3.85. The summed E-state index contributed by atoms with van der Waals surface area (Å²) in [6.07, 6.45) is 7.48. The molecule has 0 heterocycles. The lowest BCUT2D eigenvalue weighted by atomic mass is 9.89. The zero-order chi connectivity index (χ0) is 10.8. The molecular weight excluding hydrogens is 173 g/mol. The van der Waals surface area contributed by atoms with Crippen LogP contribution in [0.5, 0.6) is 0 Å². The second kappa shape index (κ2) is 9.10. The summed E-state index contributed by atoms with van der Waals surface area (Å²) in [5, 5.41) is 2.81. The van der Waals surface area contributed by atoms with E-state index in [4.69, 9.17) is 7.85 Å². The highest BCUT2D eigenvalue weighted by Crippen LogP contribution is 2.04. The number of carbonyl (C=O) groups is 1. The molecule has 0 aliphatic heterocycles. The molecule has 1 amide bonds. The maximum atomic E-state index is 11.0. The van der Waals surface area contributed by atoms with Crippen LogP contribution in [0.2, 0.25) is 5.82 Å². The van der Waals surface area contributed by atoms with Gasteiger partial charge in [-0.2, -0.15) is 0 Å². The first kappa shape index (κ1) is 13.5. The summed E-state index contributed by atoms with van der Waals surface area (Å²) in [4.78, 5) is 11.0. The molecule has 2 radical (unpaired) electrons. The summed E-state index contributed by atoms with van der Waals surface area (Å²) in [5.41, 5.74) is 0. The van der Waals surface area contributed by atoms with Crippen LogP contribution in [0, 0.1) is 0 Å². The average molecular weight is 195 g/mol. The molecule has 2 nitrogen and oxygen atoms in total. The summed E-state index contributed by atoms with van der Waals surface area (Å²) in [6.45, 7) is 4.69. The van der Waals surface area contributed by atoms with Gasteiger partial charge in [0.2, 0.25) is 5.91 Å². The van der Waals surface area contributed by atoms with Gasteiger partial charge in [-0.1, -0.05) is 46.0 Å². The van der Waals surface area contributed by atoms with Gasteiger partial charge in [-0.15, -0.1) is 0 Å². The van der Waals surface area contributed by atoms with Crippen LogP contribution in [-0.4, -0.2) is 20.3 Å². The Labute approximate surface area is 89.3 Å². The maximum Gasteiger partial charge on any atom is 0.214 e. The molecule has 0 fully saturated rings. The van der Waals surface area contributed by atoms with Gasteiger partial charge in [0.15, 0.2) is 0 Å². The van der Waals surface area contributed by atoms with Crippen molar-refractivity contribution in [1.29, 1.82) is 0 Å². The molecule has 0 saturated heterocycles. The number of rotatable bonds is 8. The van der Waals surface area contributed by atoms with E-state index in [1.54, 1.807) is 6.92 Å². The van der Waals surface area contributed by atoms with Gasteiger partial charge in [0.05, 0.1) is 7.85 Å². The largest absolute Gasteiger partial charge is 0.357 e. The van der Waals surface area contributed by atoms with E-state index in [-0.39, 0.29) is 11.7 Å². The van der Waals surface area contributed by atoms with E-state index < -0.39 is 0 Å². The lowest BCUT2D eigenvalue weighted by Crippen LogP contribution is -2.27. The van der Waals surface area contributed by atoms with Crippen LogP contribution >= 0.6 is 0 Å². The molecule has 0 rings (SSSR count). The molecule has 1 unspecified atom stereocenters. The fraction of sp³-hybridized carbons (Fsp3) is 0.909. The predicted molar refractivity (Wildman–Crippen MR) is 61.6 cm³/mol. The lowest BCUT2D eigenvalue weighted by molar-refractivity contribution is -0.120. The molecule has 1 N–H and O–H groups in total. The Kier molecular flexibility index (Phi) is 8.80. The van der Waals surface area contributed by atoms with Gasteiger partial charge in [-0.05, 0) is 12.2 Å². The van der Waals surface area contributed by atoms with Crippen LogP contribution in [0.15, 0.2) is 0 Å². The third-order valence-electron chi connectivity index (χ3n) is 2.24. The molecule has 0 aliphatic carbocycles. The van der Waals surface area contributed by atoms with Crippen molar-refractivity contribution < 1.29 is 4.79 Å². The Morgan fingerprint density at radius 3 is 2.36 bits per heavy atom. The smallest absolute Gasteiger partial charge is 0.214 e. The molecule has 3 heteroatoms. The minimum absolute atomic E-state index is 0.0430. The van der Waals surface area contributed by atoms with E-state index in [0.29, 0.717) is 0 Å². The van der Waals surface area contributed by atoms with E-state index in [1.807, 2.05) is 0 Å². The van der Waals surface area contributed by atoms with Gasteiger partial charge in [0, 0.05) is 6.54 Å². The number of amides is 1. The summed E-state index contributed by atoms with van der Waals surface area (Å²) in [6, 6.07) is 0. The standard InChI is InChI=1S/C11H22BNO/c1-3-4-5-6-7-8-9-13-11(14)10(2)12/h10H,3-9H2,1-2H3,(H,13,14). The van der Waals surface area contributed by atoms with Crippen molar-refractivity contribution in [2.24, 2.45) is 0 Å². The molecule has 1 atom stereocenters. The van der Waals surface area contributed by atoms with E-state index in [0.717, 1.165) is 13.0 Å². The molecule has 80 valence electrons. The Bertz CT molecular complexity index is 148.